The maximum Gasteiger partial charge on any atom is 0.273 e. The summed E-state index contributed by atoms with van der Waals surface area (Å²) >= 11 is 6.96. The number of carbonyl (C=O) groups is 2. The van der Waals surface area contributed by atoms with Gasteiger partial charge in [-0.3, -0.25) is 24.7 Å². The molecule has 0 aliphatic carbocycles. The number of nitrogens with one attached hydrogen (secondary N) is 2. The number of morpholine rings is 1. The van der Waals surface area contributed by atoms with Crippen molar-refractivity contribution in [3.05, 3.63) is 58.4 Å². The molecule has 32 heavy (non-hydrogen) atoms. The lowest BCUT2D eigenvalue weighted by Gasteiger charge is -2.27. The van der Waals surface area contributed by atoms with Crippen molar-refractivity contribution in [1.82, 2.24) is 15.9 Å². The van der Waals surface area contributed by atoms with Gasteiger partial charge in [0, 0.05) is 30.8 Å². The topological polar surface area (TPSA) is 92.4 Å². The Hall–Kier alpha value is -2.57. The predicted molar refractivity (Wildman–Crippen MR) is 119 cm³/mol. The molecule has 2 aromatic rings. The van der Waals surface area contributed by atoms with Crippen LogP contribution in [0.5, 0.6) is 5.75 Å². The van der Waals surface area contributed by atoms with Gasteiger partial charge in [0.05, 0.1) is 31.5 Å². The summed E-state index contributed by atoms with van der Waals surface area (Å²) in [6.45, 7) is 2.43. The Bertz CT molecular complexity index is 977. The van der Waals surface area contributed by atoms with Crippen molar-refractivity contribution in [2.45, 2.75) is 0 Å². The summed E-state index contributed by atoms with van der Waals surface area (Å²) in [5.74, 6) is -1.96. The highest BCUT2D eigenvalue weighted by Gasteiger charge is 2.19. The maximum absolute atomic E-state index is 14.3. The molecular formula is C20H22ClFN4O5S. The lowest BCUT2D eigenvalue weighted by Crippen LogP contribution is -2.42. The minimum Gasteiger partial charge on any atom is -0.496 e. The molecule has 2 N–H and O–H groups in total. The normalized spacial score (nSPS) is 14.0. The Morgan fingerprint density at radius 3 is 2.50 bits per heavy atom. The summed E-state index contributed by atoms with van der Waals surface area (Å²) in [6, 6.07) is 8.51. The average Bonchev–Trinajstić information content (AvgIpc) is 2.81. The van der Waals surface area contributed by atoms with E-state index in [4.69, 9.17) is 25.4 Å². The third-order valence-electron chi connectivity index (χ3n) is 4.47. The molecule has 0 bridgehead atoms. The molecule has 9 nitrogen and oxygen atoms in total. The van der Waals surface area contributed by atoms with Crippen LogP contribution in [0.25, 0.3) is 0 Å². The number of rotatable bonds is 7. The van der Waals surface area contributed by atoms with Gasteiger partial charge in [0.1, 0.15) is 23.8 Å². The number of halogens is 2. The van der Waals surface area contributed by atoms with Crippen molar-refractivity contribution in [3.63, 3.8) is 0 Å². The number of anilines is 1. The zero-order valence-corrected chi connectivity index (χ0v) is 19.0. The van der Waals surface area contributed by atoms with Crippen molar-refractivity contribution < 1.29 is 27.7 Å². The van der Waals surface area contributed by atoms with Crippen LogP contribution in [-0.4, -0.2) is 57.3 Å². The Morgan fingerprint density at radius 2 is 1.81 bits per heavy atom. The first-order chi connectivity index (χ1) is 15.4. The summed E-state index contributed by atoms with van der Waals surface area (Å²) in [7, 11) is 3.12. The Balaban J connectivity index is 1.62. The fourth-order valence-corrected chi connectivity index (χ4v) is 3.47. The summed E-state index contributed by atoms with van der Waals surface area (Å²) in [5.41, 5.74) is 4.83. The molecule has 1 aliphatic heterocycles. The number of hydrogen-bond donors (Lipinski definition) is 2. The summed E-state index contributed by atoms with van der Waals surface area (Å²) in [6.07, 6.45) is 0. The standard InChI is InChI=1S/C20H22ClFN4O5S/c1-25(32-31-26-7-9-30-10-8-26)14-4-5-17(22)15(12-14)19(27)23-24-20(28)16-11-13(21)3-6-18(16)29-2/h3-6,11-12H,7-10H2,1-2H3,(H,23,27)(H,24,28). The molecule has 0 aromatic heterocycles. The SMILES string of the molecule is COc1ccc(Cl)cc1C(=O)NNC(=O)c1cc(N(C)SON2CCOCC2)ccc1F. The van der Waals surface area contributed by atoms with E-state index in [0.29, 0.717) is 37.0 Å². The van der Waals surface area contributed by atoms with E-state index >= 15 is 0 Å². The minimum absolute atomic E-state index is 0.117. The zero-order chi connectivity index (χ0) is 23.1. The number of methoxy groups -OCH3 is 1. The number of amides is 2. The van der Waals surface area contributed by atoms with Gasteiger partial charge in [-0.1, -0.05) is 11.6 Å². The molecule has 172 valence electrons. The van der Waals surface area contributed by atoms with E-state index < -0.39 is 17.6 Å². The van der Waals surface area contributed by atoms with Gasteiger partial charge >= 0.3 is 0 Å². The molecule has 1 heterocycles. The van der Waals surface area contributed by atoms with Crippen molar-refractivity contribution in [2.75, 3.05) is 44.8 Å². The third-order valence-corrected chi connectivity index (χ3v) is 5.42. The van der Waals surface area contributed by atoms with Gasteiger partial charge in [0.2, 0.25) is 0 Å². The third kappa shape index (κ3) is 6.24. The zero-order valence-electron chi connectivity index (χ0n) is 17.4. The van der Waals surface area contributed by atoms with Gasteiger partial charge < -0.3 is 9.47 Å². The van der Waals surface area contributed by atoms with E-state index in [1.165, 1.54) is 31.4 Å². The summed E-state index contributed by atoms with van der Waals surface area (Å²) in [4.78, 5) is 24.9. The maximum atomic E-state index is 14.3. The number of hydrazine groups is 1. The van der Waals surface area contributed by atoms with E-state index in [9.17, 15) is 14.0 Å². The molecule has 0 spiro atoms. The lowest BCUT2D eigenvalue weighted by atomic mass is 10.1. The molecule has 1 aliphatic rings. The molecule has 0 atom stereocenters. The Morgan fingerprint density at radius 1 is 1.12 bits per heavy atom. The summed E-state index contributed by atoms with van der Waals surface area (Å²) in [5, 5.41) is 2.07. The van der Waals surface area contributed by atoms with Crippen LogP contribution < -0.4 is 19.9 Å². The van der Waals surface area contributed by atoms with Crippen molar-refractivity contribution in [2.24, 2.45) is 0 Å². The van der Waals surface area contributed by atoms with E-state index in [-0.39, 0.29) is 16.9 Å². The fraction of sp³-hybridized carbons (Fsp3) is 0.300. The summed E-state index contributed by atoms with van der Waals surface area (Å²) < 4.78 is 31.9. The number of carbonyl (C=O) groups excluding carboxylic acids is 2. The van der Waals surface area contributed by atoms with Crippen LogP contribution >= 0.6 is 23.8 Å². The van der Waals surface area contributed by atoms with Gasteiger partial charge in [-0.25, -0.2) is 8.67 Å². The monoisotopic (exact) mass is 484 g/mol. The molecule has 0 saturated carbocycles. The first-order valence-corrected chi connectivity index (χ1v) is 10.6. The van der Waals surface area contributed by atoms with E-state index in [2.05, 4.69) is 10.9 Å². The van der Waals surface area contributed by atoms with Gasteiger partial charge in [-0.05, 0) is 36.4 Å². The number of nitrogens with zero attached hydrogens (tertiary/aromatic N) is 2. The van der Waals surface area contributed by atoms with Crippen LogP contribution in [0.1, 0.15) is 20.7 Å². The smallest absolute Gasteiger partial charge is 0.273 e. The number of hydrogen-bond acceptors (Lipinski definition) is 8. The van der Waals surface area contributed by atoms with E-state index in [0.717, 1.165) is 18.3 Å². The van der Waals surface area contributed by atoms with Crippen molar-refractivity contribution in [3.8, 4) is 5.75 Å². The van der Waals surface area contributed by atoms with Crippen LogP contribution in [0, 0.1) is 5.82 Å². The molecule has 0 radical (unpaired) electrons. The first kappa shape index (κ1) is 24.1. The molecule has 0 unspecified atom stereocenters. The minimum atomic E-state index is -0.828. The largest absolute Gasteiger partial charge is 0.496 e. The molecule has 12 heteroatoms. The molecule has 3 rings (SSSR count). The van der Waals surface area contributed by atoms with Crippen LogP contribution in [0.15, 0.2) is 36.4 Å². The van der Waals surface area contributed by atoms with Crippen molar-refractivity contribution >= 4 is 41.3 Å². The molecule has 1 saturated heterocycles. The van der Waals surface area contributed by atoms with Crippen LogP contribution in [0.2, 0.25) is 5.02 Å². The lowest BCUT2D eigenvalue weighted by molar-refractivity contribution is -0.105. The highest BCUT2D eigenvalue weighted by molar-refractivity contribution is 7.96. The van der Waals surface area contributed by atoms with E-state index in [1.54, 1.807) is 22.5 Å². The molecule has 2 amide bonds. The first-order valence-electron chi connectivity index (χ1n) is 9.54. The fourth-order valence-electron chi connectivity index (χ4n) is 2.75. The molecular weight excluding hydrogens is 463 g/mol. The van der Waals surface area contributed by atoms with Crippen LogP contribution in [0.4, 0.5) is 10.1 Å². The Kier molecular flexibility index (Phi) is 8.53. The second kappa shape index (κ2) is 11.3. The van der Waals surface area contributed by atoms with Gasteiger partial charge in [0.15, 0.2) is 0 Å². The second-order valence-corrected chi connectivity index (χ2v) is 7.89. The van der Waals surface area contributed by atoms with E-state index in [1.807, 2.05) is 0 Å². The van der Waals surface area contributed by atoms with Gasteiger partial charge in [0.25, 0.3) is 11.8 Å². The van der Waals surface area contributed by atoms with Crippen molar-refractivity contribution in [1.29, 1.82) is 0 Å². The van der Waals surface area contributed by atoms with Crippen LogP contribution in [0.3, 0.4) is 0 Å². The molecule has 2 aromatic carbocycles. The van der Waals surface area contributed by atoms with Gasteiger partial charge in [-0.2, -0.15) is 5.06 Å². The predicted octanol–water partition coefficient (Wildman–Crippen LogP) is 2.83. The second-order valence-electron chi connectivity index (χ2n) is 6.60. The molecule has 1 fully saturated rings. The van der Waals surface area contributed by atoms with Crippen LogP contribution in [-0.2, 0) is 9.02 Å². The Labute approximate surface area is 194 Å². The highest BCUT2D eigenvalue weighted by Crippen LogP contribution is 2.25. The highest BCUT2D eigenvalue weighted by atomic mass is 35.5. The number of benzene rings is 2. The quantitative estimate of drug-likeness (QED) is 0.352. The average molecular weight is 485 g/mol. The number of ether oxygens (including phenoxy) is 2. The number of hydroxylamine groups is 2. The van der Waals surface area contributed by atoms with Gasteiger partial charge in [-0.15, -0.1) is 0 Å².